The van der Waals surface area contributed by atoms with Crippen LogP contribution in [0.15, 0.2) is 36.7 Å². The molecular weight excluding hydrogens is 250 g/mol. The fourth-order valence-corrected chi connectivity index (χ4v) is 2.70. The van der Waals surface area contributed by atoms with Gasteiger partial charge in [0, 0.05) is 35.8 Å². The second-order valence-corrected chi connectivity index (χ2v) is 5.57. The molecule has 1 aromatic carbocycles. The van der Waals surface area contributed by atoms with E-state index in [4.69, 9.17) is 4.74 Å². The monoisotopic (exact) mass is 271 g/mol. The molecule has 0 radical (unpaired) electrons. The van der Waals surface area contributed by atoms with Gasteiger partial charge in [0.2, 0.25) is 0 Å². The van der Waals surface area contributed by atoms with Crippen LogP contribution >= 0.6 is 0 Å². The molecule has 1 aliphatic heterocycles. The van der Waals surface area contributed by atoms with E-state index in [0.29, 0.717) is 12.1 Å². The zero-order chi connectivity index (χ0) is 14.1. The molecule has 2 unspecified atom stereocenters. The van der Waals surface area contributed by atoms with Gasteiger partial charge >= 0.3 is 0 Å². The van der Waals surface area contributed by atoms with E-state index in [2.05, 4.69) is 42.6 Å². The summed E-state index contributed by atoms with van der Waals surface area (Å²) in [6, 6.07) is 8.95. The lowest BCUT2D eigenvalue weighted by molar-refractivity contribution is 0.154. The number of aromatic nitrogens is 2. The lowest BCUT2D eigenvalue weighted by Gasteiger charge is -2.31. The van der Waals surface area contributed by atoms with Crippen molar-refractivity contribution in [3.05, 3.63) is 47.8 Å². The van der Waals surface area contributed by atoms with E-state index in [0.717, 1.165) is 17.7 Å². The second kappa shape index (κ2) is 5.29. The highest BCUT2D eigenvalue weighted by Gasteiger charge is 2.28. The molecule has 0 spiro atoms. The fraction of sp³-hybridized carbons (Fsp3) is 0.438. The average molecular weight is 271 g/mol. The second-order valence-electron chi connectivity index (χ2n) is 5.57. The van der Waals surface area contributed by atoms with Crippen LogP contribution < -0.4 is 10.1 Å². The molecule has 0 saturated carbocycles. The van der Waals surface area contributed by atoms with Crippen molar-refractivity contribution in [1.29, 1.82) is 0 Å². The van der Waals surface area contributed by atoms with Crippen LogP contribution in [0, 0.1) is 0 Å². The van der Waals surface area contributed by atoms with Gasteiger partial charge in [-0.15, -0.1) is 0 Å². The maximum absolute atomic E-state index is 6.15. The first-order chi connectivity index (χ1) is 9.69. The maximum atomic E-state index is 6.15. The quantitative estimate of drug-likeness (QED) is 0.931. The Balaban J connectivity index is 1.89. The van der Waals surface area contributed by atoms with Crippen LogP contribution in [0.5, 0.6) is 5.75 Å². The Kier molecular flexibility index (Phi) is 3.49. The van der Waals surface area contributed by atoms with Gasteiger partial charge in [0.25, 0.3) is 0 Å². The normalized spacial score (nSPS) is 21.6. The topological polar surface area (TPSA) is 39.1 Å². The van der Waals surface area contributed by atoms with Crippen LogP contribution in [0.25, 0.3) is 0 Å². The summed E-state index contributed by atoms with van der Waals surface area (Å²) in [7, 11) is 2.00. The van der Waals surface area contributed by atoms with E-state index in [9.17, 15) is 0 Å². The van der Waals surface area contributed by atoms with Gasteiger partial charge in [0.15, 0.2) is 0 Å². The molecular formula is C16H21N3O. The summed E-state index contributed by atoms with van der Waals surface area (Å²) in [5.41, 5.74) is 2.39. The molecule has 0 bridgehead atoms. The number of hydrogen-bond acceptors (Lipinski definition) is 3. The molecule has 3 rings (SSSR count). The highest BCUT2D eigenvalue weighted by Crippen LogP contribution is 2.40. The standard InChI is InChI=1S/C16H21N3O/c1-11(2)19-10-12(9-18-19)16-8-14(17-3)13-6-4-5-7-15(13)20-16/h4-7,9-11,14,16-17H,8H2,1-3H3. The summed E-state index contributed by atoms with van der Waals surface area (Å²) in [6.45, 7) is 4.26. The number of nitrogens with zero attached hydrogens (tertiary/aromatic N) is 2. The molecule has 4 heteroatoms. The Labute approximate surface area is 119 Å². The van der Waals surface area contributed by atoms with Crippen molar-refractivity contribution in [2.24, 2.45) is 0 Å². The van der Waals surface area contributed by atoms with Crippen molar-refractivity contribution < 1.29 is 4.74 Å². The van der Waals surface area contributed by atoms with Crippen LogP contribution in [0.4, 0.5) is 0 Å². The molecule has 106 valence electrons. The summed E-state index contributed by atoms with van der Waals surface area (Å²) in [5.74, 6) is 0.973. The largest absolute Gasteiger partial charge is 0.485 e. The van der Waals surface area contributed by atoms with Crippen molar-refractivity contribution in [2.45, 2.75) is 38.5 Å². The van der Waals surface area contributed by atoms with Crippen molar-refractivity contribution in [2.75, 3.05) is 7.05 Å². The predicted octanol–water partition coefficient (Wildman–Crippen LogP) is 3.25. The smallest absolute Gasteiger partial charge is 0.129 e. The molecule has 0 amide bonds. The maximum Gasteiger partial charge on any atom is 0.129 e. The third-order valence-electron chi connectivity index (χ3n) is 3.88. The number of hydrogen-bond donors (Lipinski definition) is 1. The third kappa shape index (κ3) is 2.31. The number of ether oxygens (including phenoxy) is 1. The van der Waals surface area contributed by atoms with Gasteiger partial charge in [0.1, 0.15) is 11.9 Å². The van der Waals surface area contributed by atoms with Crippen LogP contribution in [0.2, 0.25) is 0 Å². The zero-order valence-corrected chi connectivity index (χ0v) is 12.2. The highest BCUT2D eigenvalue weighted by molar-refractivity contribution is 5.38. The molecule has 1 N–H and O–H groups in total. The minimum atomic E-state index is 0.0647. The molecule has 4 nitrogen and oxygen atoms in total. The average Bonchev–Trinajstić information content (AvgIpc) is 2.96. The molecule has 0 aliphatic carbocycles. The SMILES string of the molecule is CNC1CC(c2cnn(C(C)C)c2)Oc2ccccc21. The lowest BCUT2D eigenvalue weighted by atomic mass is 9.94. The third-order valence-corrected chi connectivity index (χ3v) is 3.88. The van der Waals surface area contributed by atoms with Crippen LogP contribution in [-0.4, -0.2) is 16.8 Å². The lowest BCUT2D eigenvalue weighted by Crippen LogP contribution is -2.26. The van der Waals surface area contributed by atoms with Crippen molar-refractivity contribution in [1.82, 2.24) is 15.1 Å². The van der Waals surface area contributed by atoms with E-state index in [1.54, 1.807) is 0 Å². The minimum Gasteiger partial charge on any atom is -0.485 e. The van der Waals surface area contributed by atoms with E-state index in [1.165, 1.54) is 5.56 Å². The molecule has 2 aromatic rings. The van der Waals surface area contributed by atoms with E-state index >= 15 is 0 Å². The van der Waals surface area contributed by atoms with Gasteiger partial charge in [-0.3, -0.25) is 4.68 Å². The van der Waals surface area contributed by atoms with Gasteiger partial charge in [0.05, 0.1) is 6.20 Å². The predicted molar refractivity (Wildman–Crippen MR) is 78.8 cm³/mol. The molecule has 20 heavy (non-hydrogen) atoms. The zero-order valence-electron chi connectivity index (χ0n) is 12.2. The number of rotatable bonds is 3. The summed E-state index contributed by atoms with van der Waals surface area (Å²) in [5, 5.41) is 7.80. The van der Waals surface area contributed by atoms with Crippen LogP contribution in [-0.2, 0) is 0 Å². The van der Waals surface area contributed by atoms with Crippen molar-refractivity contribution >= 4 is 0 Å². The van der Waals surface area contributed by atoms with E-state index in [1.807, 2.05) is 30.1 Å². The summed E-state index contributed by atoms with van der Waals surface area (Å²) in [6.07, 6.45) is 5.01. The molecule has 0 saturated heterocycles. The van der Waals surface area contributed by atoms with E-state index in [-0.39, 0.29) is 6.10 Å². The van der Waals surface area contributed by atoms with Gasteiger partial charge in [-0.05, 0) is 27.0 Å². The Morgan fingerprint density at radius 3 is 2.85 bits per heavy atom. The number of fused-ring (bicyclic) bond motifs is 1. The number of nitrogens with one attached hydrogen (secondary N) is 1. The van der Waals surface area contributed by atoms with Crippen LogP contribution in [0.3, 0.4) is 0 Å². The van der Waals surface area contributed by atoms with E-state index < -0.39 is 0 Å². The molecule has 2 atom stereocenters. The molecule has 2 heterocycles. The minimum absolute atomic E-state index is 0.0647. The highest BCUT2D eigenvalue weighted by atomic mass is 16.5. The van der Waals surface area contributed by atoms with Crippen LogP contribution in [0.1, 0.15) is 49.6 Å². The molecule has 1 aliphatic rings. The summed E-state index contributed by atoms with van der Waals surface area (Å²) < 4.78 is 8.13. The summed E-state index contributed by atoms with van der Waals surface area (Å²) in [4.78, 5) is 0. The number of benzene rings is 1. The Hall–Kier alpha value is -1.81. The van der Waals surface area contributed by atoms with Crippen molar-refractivity contribution in [3.63, 3.8) is 0 Å². The first-order valence-electron chi connectivity index (χ1n) is 7.16. The fourth-order valence-electron chi connectivity index (χ4n) is 2.70. The van der Waals surface area contributed by atoms with Crippen molar-refractivity contribution in [3.8, 4) is 5.75 Å². The van der Waals surface area contributed by atoms with Gasteiger partial charge in [-0.2, -0.15) is 5.10 Å². The first kappa shape index (κ1) is 13.2. The Morgan fingerprint density at radius 1 is 1.35 bits per heavy atom. The molecule has 0 fully saturated rings. The van der Waals surface area contributed by atoms with Gasteiger partial charge < -0.3 is 10.1 Å². The Bertz CT molecular complexity index is 591. The van der Waals surface area contributed by atoms with Gasteiger partial charge in [-0.1, -0.05) is 18.2 Å². The Morgan fingerprint density at radius 2 is 2.15 bits per heavy atom. The molecule has 1 aromatic heterocycles. The number of para-hydroxylation sites is 1. The summed E-state index contributed by atoms with van der Waals surface area (Å²) >= 11 is 0. The van der Waals surface area contributed by atoms with Gasteiger partial charge in [-0.25, -0.2) is 0 Å². The first-order valence-corrected chi connectivity index (χ1v) is 7.16.